The fraction of sp³-hybridized carbons (Fsp3) is 0.976. The van der Waals surface area contributed by atoms with Gasteiger partial charge in [0.25, 0.3) is 0 Å². The Hall–Kier alpha value is -0.610. The highest BCUT2D eigenvalue weighted by atomic mass is 16.5. The topological polar surface area (TPSA) is 66.8 Å². The Labute approximate surface area is 285 Å². The first-order chi connectivity index (χ1) is 22.2. The molecule has 2 N–H and O–H groups in total. The highest BCUT2D eigenvalue weighted by Gasteiger charge is 2.62. The highest BCUT2D eigenvalue weighted by Crippen LogP contribution is 2.68. The van der Waals surface area contributed by atoms with Gasteiger partial charge in [0, 0.05) is 6.42 Å². The second-order valence-corrected chi connectivity index (χ2v) is 17.5. The predicted molar refractivity (Wildman–Crippen MR) is 192 cm³/mol. The van der Waals surface area contributed by atoms with E-state index < -0.39 is 0 Å². The van der Waals surface area contributed by atoms with Gasteiger partial charge in [-0.15, -0.1) is 0 Å². The van der Waals surface area contributed by atoms with Crippen molar-refractivity contribution in [2.24, 2.45) is 46.3 Å². The lowest BCUT2D eigenvalue weighted by Crippen LogP contribution is -2.58. The van der Waals surface area contributed by atoms with Gasteiger partial charge in [0.1, 0.15) is 0 Å². The molecule has 0 aliphatic heterocycles. The maximum atomic E-state index is 12.6. The number of carbonyl (C=O) groups is 1. The van der Waals surface area contributed by atoms with E-state index in [9.17, 15) is 15.0 Å². The molecule has 0 aromatic carbocycles. The third-order valence-electron chi connectivity index (χ3n) is 14.5. The molecular formula is C42H76O4. The van der Waals surface area contributed by atoms with E-state index in [0.717, 1.165) is 38.5 Å². The summed E-state index contributed by atoms with van der Waals surface area (Å²) < 4.78 is 5.67. The lowest BCUT2D eigenvalue weighted by Gasteiger charge is -2.62. The van der Waals surface area contributed by atoms with Crippen molar-refractivity contribution in [3.05, 3.63) is 0 Å². The smallest absolute Gasteiger partial charge is 0.305 e. The second kappa shape index (κ2) is 19.0. The average molecular weight is 645 g/mol. The minimum atomic E-state index is -0.216. The third kappa shape index (κ3) is 9.98. The van der Waals surface area contributed by atoms with Crippen molar-refractivity contribution in [2.75, 3.05) is 6.61 Å². The monoisotopic (exact) mass is 645 g/mol. The van der Waals surface area contributed by atoms with Crippen molar-refractivity contribution >= 4 is 5.97 Å². The molecule has 4 rings (SSSR count). The van der Waals surface area contributed by atoms with E-state index in [0.29, 0.717) is 48.5 Å². The van der Waals surface area contributed by atoms with E-state index in [1.165, 1.54) is 122 Å². The Bertz CT molecular complexity index is 874. The maximum absolute atomic E-state index is 12.6. The predicted octanol–water partition coefficient (Wildman–Crippen LogP) is 11.2. The Balaban J connectivity index is 1.04. The lowest BCUT2D eigenvalue weighted by atomic mass is 9.43. The quantitative estimate of drug-likeness (QED) is 0.0963. The summed E-state index contributed by atoms with van der Waals surface area (Å²) in [5.41, 5.74) is 0.556. The Morgan fingerprint density at radius 2 is 1.26 bits per heavy atom. The van der Waals surface area contributed by atoms with Gasteiger partial charge >= 0.3 is 5.97 Å². The summed E-state index contributed by atoms with van der Waals surface area (Å²) in [6.45, 7) is 10.3. The van der Waals surface area contributed by atoms with Crippen LogP contribution in [0.15, 0.2) is 0 Å². The van der Waals surface area contributed by atoms with Crippen molar-refractivity contribution in [3.8, 4) is 0 Å². The minimum Gasteiger partial charge on any atom is -0.466 e. The molecule has 10 atom stereocenters. The molecule has 0 amide bonds. The molecular weight excluding hydrogens is 568 g/mol. The zero-order chi connectivity index (χ0) is 33.0. The fourth-order valence-electron chi connectivity index (χ4n) is 11.6. The number of carbonyl (C=O) groups excluding carboxylic acids is 1. The molecule has 0 saturated heterocycles. The molecule has 4 fully saturated rings. The number of ether oxygens (including phenoxy) is 1. The highest BCUT2D eigenvalue weighted by molar-refractivity contribution is 5.69. The number of aliphatic hydroxyl groups excluding tert-OH is 2. The van der Waals surface area contributed by atoms with Crippen LogP contribution in [0.2, 0.25) is 0 Å². The first-order valence-corrected chi connectivity index (χ1v) is 20.7. The molecule has 4 heteroatoms. The van der Waals surface area contributed by atoms with Crippen molar-refractivity contribution in [1.82, 2.24) is 0 Å². The number of unbranched alkanes of at least 4 members (excludes halogenated alkanes) is 15. The Morgan fingerprint density at radius 3 is 1.87 bits per heavy atom. The molecule has 0 radical (unpaired) electrons. The van der Waals surface area contributed by atoms with Crippen LogP contribution in [0.1, 0.15) is 195 Å². The van der Waals surface area contributed by atoms with E-state index in [2.05, 4.69) is 27.7 Å². The van der Waals surface area contributed by atoms with E-state index in [4.69, 9.17) is 4.74 Å². The molecule has 268 valence electrons. The molecule has 4 saturated carbocycles. The van der Waals surface area contributed by atoms with Crippen LogP contribution in [-0.2, 0) is 9.53 Å². The van der Waals surface area contributed by atoms with Gasteiger partial charge in [-0.1, -0.05) is 124 Å². The average Bonchev–Trinajstić information content (AvgIpc) is 3.39. The fourth-order valence-corrected chi connectivity index (χ4v) is 11.6. The van der Waals surface area contributed by atoms with Crippen LogP contribution in [0, 0.1) is 46.3 Å². The van der Waals surface area contributed by atoms with Crippen LogP contribution in [0.4, 0.5) is 0 Å². The maximum Gasteiger partial charge on any atom is 0.305 e. The standard InChI is InChI=1S/C42H76O4/c1-5-6-7-8-9-10-11-12-13-14-15-16-17-18-19-20-29-46-39(45)24-21-32(2)35-22-23-36-40-37(26-28-42(35,36)4)41(3)27-25-34(43)30-33(41)31-38(40)44/h32-38,40,43-44H,5-31H2,1-4H3/t32-,33+,34-,35-,36+,37+,38-,40+,41+,42-/m1/s1. The van der Waals surface area contributed by atoms with Gasteiger partial charge in [-0.25, -0.2) is 0 Å². The Morgan fingerprint density at radius 1 is 0.717 bits per heavy atom. The number of aliphatic hydroxyl groups is 2. The summed E-state index contributed by atoms with van der Waals surface area (Å²) >= 11 is 0. The number of esters is 1. The largest absolute Gasteiger partial charge is 0.466 e. The number of rotatable bonds is 21. The van der Waals surface area contributed by atoms with Gasteiger partial charge < -0.3 is 14.9 Å². The normalized spacial score (nSPS) is 36.1. The zero-order valence-corrected chi connectivity index (χ0v) is 30.9. The first-order valence-electron chi connectivity index (χ1n) is 20.7. The van der Waals surface area contributed by atoms with E-state index in [1.54, 1.807) is 0 Å². The van der Waals surface area contributed by atoms with Crippen LogP contribution in [0.25, 0.3) is 0 Å². The lowest BCUT2D eigenvalue weighted by molar-refractivity contribution is -0.174. The van der Waals surface area contributed by atoms with Gasteiger partial charge in [-0.3, -0.25) is 4.79 Å². The molecule has 46 heavy (non-hydrogen) atoms. The van der Waals surface area contributed by atoms with Crippen LogP contribution >= 0.6 is 0 Å². The summed E-state index contributed by atoms with van der Waals surface area (Å²) in [5, 5.41) is 21.9. The number of hydrogen-bond donors (Lipinski definition) is 2. The molecule has 0 bridgehead atoms. The number of hydrogen-bond acceptors (Lipinski definition) is 4. The molecule has 4 nitrogen and oxygen atoms in total. The third-order valence-corrected chi connectivity index (χ3v) is 14.5. The first kappa shape index (κ1) is 38.2. The second-order valence-electron chi connectivity index (χ2n) is 17.5. The summed E-state index contributed by atoms with van der Waals surface area (Å²) in [5.74, 6) is 3.23. The molecule has 0 unspecified atom stereocenters. The van der Waals surface area contributed by atoms with Crippen LogP contribution in [0.3, 0.4) is 0 Å². The van der Waals surface area contributed by atoms with E-state index >= 15 is 0 Å². The van der Waals surface area contributed by atoms with Crippen LogP contribution in [-0.4, -0.2) is 35.0 Å². The summed E-state index contributed by atoms with van der Waals surface area (Å²) in [6.07, 6.45) is 31.6. The molecule has 0 aromatic rings. The van der Waals surface area contributed by atoms with Crippen molar-refractivity contribution < 1.29 is 19.7 Å². The molecule has 0 spiro atoms. The number of fused-ring (bicyclic) bond motifs is 5. The van der Waals surface area contributed by atoms with Crippen molar-refractivity contribution in [1.29, 1.82) is 0 Å². The SMILES string of the molecule is CCCCCCCCCCCCCCCCCCOC(=O)CC[C@@H](C)[C@H]1CC[C@H]2[C@@H]3[C@H](O)C[C@@H]4C[C@H](O)CC[C@]4(C)[C@H]3CC[C@]12C. The van der Waals surface area contributed by atoms with Crippen molar-refractivity contribution in [2.45, 2.75) is 207 Å². The molecule has 0 aromatic heterocycles. The van der Waals surface area contributed by atoms with Gasteiger partial charge in [0.2, 0.25) is 0 Å². The van der Waals surface area contributed by atoms with E-state index in [1.807, 2.05) is 0 Å². The van der Waals surface area contributed by atoms with Gasteiger partial charge in [0.15, 0.2) is 0 Å². The minimum absolute atomic E-state index is 0.00243. The summed E-state index contributed by atoms with van der Waals surface area (Å²) in [6, 6.07) is 0. The van der Waals surface area contributed by atoms with Gasteiger partial charge in [-0.2, -0.15) is 0 Å². The van der Waals surface area contributed by atoms with Crippen LogP contribution in [0.5, 0.6) is 0 Å². The van der Waals surface area contributed by atoms with Gasteiger partial charge in [0.05, 0.1) is 18.8 Å². The Kier molecular flexibility index (Phi) is 15.7. The molecule has 4 aliphatic carbocycles. The van der Waals surface area contributed by atoms with Crippen LogP contribution < -0.4 is 0 Å². The van der Waals surface area contributed by atoms with Crippen molar-refractivity contribution in [3.63, 3.8) is 0 Å². The van der Waals surface area contributed by atoms with Gasteiger partial charge in [-0.05, 0) is 111 Å². The molecule has 4 aliphatic rings. The summed E-state index contributed by atoms with van der Waals surface area (Å²) in [4.78, 5) is 12.6. The molecule has 0 heterocycles. The summed E-state index contributed by atoms with van der Waals surface area (Å²) in [7, 11) is 0. The van der Waals surface area contributed by atoms with E-state index in [-0.39, 0.29) is 29.0 Å². The zero-order valence-electron chi connectivity index (χ0n) is 30.9.